The zero-order chi connectivity index (χ0) is 21.0. The van der Waals surface area contributed by atoms with Crippen molar-refractivity contribution >= 4 is 27.0 Å². The molecule has 0 N–H and O–H groups in total. The number of anilines is 1. The van der Waals surface area contributed by atoms with Crippen molar-refractivity contribution in [2.24, 2.45) is 0 Å². The first-order chi connectivity index (χ1) is 13.9. The molecule has 3 aromatic rings. The number of hydrogen-bond donors (Lipinski definition) is 0. The van der Waals surface area contributed by atoms with Crippen LogP contribution in [0.3, 0.4) is 0 Å². The molecule has 0 saturated carbocycles. The summed E-state index contributed by atoms with van der Waals surface area (Å²) in [7, 11) is -0.0141. The second kappa shape index (κ2) is 8.71. The minimum absolute atomic E-state index is 0.0557. The van der Waals surface area contributed by atoms with Crippen LogP contribution in [-0.2, 0) is 16.6 Å². The quantitative estimate of drug-likeness (QED) is 0.526. The van der Waals surface area contributed by atoms with Crippen molar-refractivity contribution in [2.45, 2.75) is 11.4 Å². The molecular formula is C20H20FNO5S2. The Bertz CT molecular complexity index is 1070. The zero-order valence-electron chi connectivity index (χ0n) is 16.1. The molecule has 0 aliphatic rings. The van der Waals surface area contributed by atoms with Gasteiger partial charge in [0.1, 0.15) is 16.5 Å². The summed E-state index contributed by atoms with van der Waals surface area (Å²) in [4.78, 5) is 0.313. The van der Waals surface area contributed by atoms with Gasteiger partial charge in [-0.15, -0.1) is 11.3 Å². The predicted octanol–water partition coefficient (Wildman–Crippen LogP) is 4.31. The fourth-order valence-electron chi connectivity index (χ4n) is 2.76. The van der Waals surface area contributed by atoms with Crippen LogP contribution in [-0.4, -0.2) is 29.7 Å². The molecule has 2 aromatic carbocycles. The number of halogens is 1. The van der Waals surface area contributed by atoms with E-state index in [9.17, 15) is 12.8 Å². The number of methoxy groups -OCH3 is 3. The lowest BCUT2D eigenvalue weighted by Gasteiger charge is -2.25. The van der Waals surface area contributed by atoms with Crippen molar-refractivity contribution in [1.29, 1.82) is 0 Å². The molecular weight excluding hydrogens is 417 g/mol. The second-order valence-electron chi connectivity index (χ2n) is 5.93. The average molecular weight is 438 g/mol. The van der Waals surface area contributed by atoms with Crippen LogP contribution in [0.5, 0.6) is 17.2 Å². The fraction of sp³-hybridized carbons (Fsp3) is 0.200. The Morgan fingerprint density at radius 3 is 2.17 bits per heavy atom. The van der Waals surface area contributed by atoms with Gasteiger partial charge in [-0.1, -0.05) is 6.07 Å². The van der Waals surface area contributed by atoms with Gasteiger partial charge < -0.3 is 14.2 Å². The van der Waals surface area contributed by atoms with Crippen LogP contribution >= 0.6 is 11.3 Å². The molecule has 0 unspecified atom stereocenters. The molecule has 0 atom stereocenters. The molecule has 0 saturated heterocycles. The molecule has 154 valence electrons. The highest BCUT2D eigenvalue weighted by molar-refractivity contribution is 7.92. The summed E-state index contributed by atoms with van der Waals surface area (Å²) in [5, 5.41) is 1.85. The summed E-state index contributed by atoms with van der Waals surface area (Å²) in [5.74, 6) is -0.108. The first-order valence-corrected chi connectivity index (χ1v) is 10.8. The van der Waals surface area contributed by atoms with Crippen LogP contribution in [0.15, 0.2) is 58.8 Å². The maximum absolute atomic E-state index is 14.8. The average Bonchev–Trinajstić information content (AvgIpc) is 3.25. The Morgan fingerprint density at radius 1 is 0.966 bits per heavy atom. The molecule has 0 spiro atoms. The summed E-state index contributed by atoms with van der Waals surface area (Å²) < 4.78 is 58.2. The lowest BCUT2D eigenvalue weighted by atomic mass is 10.3. The van der Waals surface area contributed by atoms with E-state index >= 15 is 0 Å². The third-order valence-electron chi connectivity index (χ3n) is 4.25. The number of benzene rings is 2. The van der Waals surface area contributed by atoms with Crippen molar-refractivity contribution in [1.82, 2.24) is 0 Å². The third-order valence-corrected chi connectivity index (χ3v) is 6.90. The highest BCUT2D eigenvalue weighted by Crippen LogP contribution is 2.35. The van der Waals surface area contributed by atoms with E-state index in [-0.39, 0.29) is 18.0 Å². The SMILES string of the molecule is COc1ccc(N(Cc2cccs2)S(=O)(=O)c2cc(OC)c(OC)cc2F)cc1. The van der Waals surface area contributed by atoms with Crippen LogP contribution in [0.1, 0.15) is 4.88 Å². The Hall–Kier alpha value is -2.78. The second-order valence-corrected chi connectivity index (χ2v) is 8.79. The van der Waals surface area contributed by atoms with E-state index in [0.717, 1.165) is 21.3 Å². The standard InChI is InChI=1S/C20H20FNO5S2/c1-25-15-8-6-14(7-9-15)22(13-16-5-4-10-28-16)29(23,24)20-12-19(27-3)18(26-2)11-17(20)21/h4-12H,13H2,1-3H3. The minimum atomic E-state index is -4.25. The molecule has 0 fully saturated rings. The molecule has 0 bridgehead atoms. The maximum atomic E-state index is 14.8. The number of thiophene rings is 1. The van der Waals surface area contributed by atoms with E-state index in [1.54, 1.807) is 24.3 Å². The van der Waals surface area contributed by atoms with E-state index < -0.39 is 20.7 Å². The number of nitrogens with zero attached hydrogens (tertiary/aromatic N) is 1. The highest BCUT2D eigenvalue weighted by atomic mass is 32.2. The maximum Gasteiger partial charge on any atom is 0.267 e. The molecule has 0 radical (unpaired) electrons. The van der Waals surface area contributed by atoms with Crippen molar-refractivity contribution in [2.75, 3.05) is 25.6 Å². The van der Waals surface area contributed by atoms with Crippen LogP contribution in [0, 0.1) is 5.82 Å². The molecule has 1 heterocycles. The zero-order valence-corrected chi connectivity index (χ0v) is 17.7. The number of sulfonamides is 1. The largest absolute Gasteiger partial charge is 0.497 e. The van der Waals surface area contributed by atoms with Crippen molar-refractivity contribution < 1.29 is 27.0 Å². The normalized spacial score (nSPS) is 11.2. The first kappa shape index (κ1) is 20.9. The van der Waals surface area contributed by atoms with E-state index in [1.807, 2.05) is 17.5 Å². The van der Waals surface area contributed by atoms with E-state index in [1.165, 1.54) is 32.7 Å². The Morgan fingerprint density at radius 2 is 1.62 bits per heavy atom. The number of ether oxygens (including phenoxy) is 3. The van der Waals surface area contributed by atoms with Gasteiger partial charge >= 0.3 is 0 Å². The van der Waals surface area contributed by atoms with Gasteiger partial charge in [0.15, 0.2) is 11.5 Å². The molecule has 3 rings (SSSR count). The summed E-state index contributed by atoms with van der Waals surface area (Å²) >= 11 is 1.41. The Labute approximate surface area is 173 Å². The lowest BCUT2D eigenvalue weighted by molar-refractivity contribution is 0.350. The summed E-state index contributed by atoms with van der Waals surface area (Å²) in [5.41, 5.74) is 0.383. The molecule has 0 aliphatic heterocycles. The van der Waals surface area contributed by atoms with Gasteiger partial charge in [0, 0.05) is 17.0 Å². The highest BCUT2D eigenvalue weighted by Gasteiger charge is 2.30. The first-order valence-electron chi connectivity index (χ1n) is 8.51. The minimum Gasteiger partial charge on any atom is -0.497 e. The van der Waals surface area contributed by atoms with Gasteiger partial charge in [0.2, 0.25) is 0 Å². The topological polar surface area (TPSA) is 65.1 Å². The summed E-state index contributed by atoms with van der Waals surface area (Å²) in [6.07, 6.45) is 0. The fourth-order valence-corrected chi connectivity index (χ4v) is 5.04. The van der Waals surface area contributed by atoms with Gasteiger partial charge in [0.25, 0.3) is 10.0 Å². The van der Waals surface area contributed by atoms with Crippen LogP contribution < -0.4 is 18.5 Å². The van der Waals surface area contributed by atoms with Gasteiger partial charge in [0.05, 0.1) is 33.6 Å². The van der Waals surface area contributed by atoms with E-state index in [0.29, 0.717) is 11.4 Å². The molecule has 0 aliphatic carbocycles. The van der Waals surface area contributed by atoms with Crippen molar-refractivity contribution in [3.05, 3.63) is 64.6 Å². The summed E-state index contributed by atoms with van der Waals surface area (Å²) in [6.45, 7) is 0.0557. The van der Waals surface area contributed by atoms with Crippen molar-refractivity contribution in [3.63, 3.8) is 0 Å². The monoisotopic (exact) mass is 437 g/mol. The summed E-state index contributed by atoms with van der Waals surface area (Å²) in [6, 6.07) is 12.3. The Kier molecular flexibility index (Phi) is 6.29. The molecule has 1 aromatic heterocycles. The van der Waals surface area contributed by atoms with Gasteiger partial charge in [-0.25, -0.2) is 12.8 Å². The van der Waals surface area contributed by atoms with Gasteiger partial charge in [-0.2, -0.15) is 0 Å². The number of hydrogen-bond acceptors (Lipinski definition) is 6. The van der Waals surface area contributed by atoms with Gasteiger partial charge in [-0.05, 0) is 35.7 Å². The number of rotatable bonds is 8. The molecule has 6 nitrogen and oxygen atoms in total. The van der Waals surface area contributed by atoms with Crippen LogP contribution in [0.25, 0.3) is 0 Å². The molecule has 0 amide bonds. The molecule has 9 heteroatoms. The van der Waals surface area contributed by atoms with Crippen LogP contribution in [0.4, 0.5) is 10.1 Å². The smallest absolute Gasteiger partial charge is 0.267 e. The predicted molar refractivity (Wildman–Crippen MR) is 110 cm³/mol. The third kappa shape index (κ3) is 4.30. The van der Waals surface area contributed by atoms with E-state index in [2.05, 4.69) is 0 Å². The van der Waals surface area contributed by atoms with Crippen molar-refractivity contribution in [3.8, 4) is 17.2 Å². The lowest BCUT2D eigenvalue weighted by Crippen LogP contribution is -2.31. The van der Waals surface area contributed by atoms with Gasteiger partial charge in [-0.3, -0.25) is 4.31 Å². The Balaban J connectivity index is 2.13. The molecule has 29 heavy (non-hydrogen) atoms. The van der Waals surface area contributed by atoms with Crippen LogP contribution in [0.2, 0.25) is 0 Å². The van der Waals surface area contributed by atoms with E-state index in [4.69, 9.17) is 14.2 Å².